The van der Waals surface area contributed by atoms with E-state index in [0.717, 1.165) is 31.0 Å². The molecule has 0 saturated heterocycles. The summed E-state index contributed by atoms with van der Waals surface area (Å²) in [4.78, 5) is 4.28. The third kappa shape index (κ3) is 4.59. The van der Waals surface area contributed by atoms with Gasteiger partial charge in [-0.05, 0) is 13.8 Å². The van der Waals surface area contributed by atoms with E-state index in [2.05, 4.69) is 28.4 Å². The number of imidazole rings is 1. The predicted octanol–water partition coefficient (Wildman–Crippen LogP) is 1.59. The van der Waals surface area contributed by atoms with Crippen LogP contribution < -0.4 is 5.32 Å². The summed E-state index contributed by atoms with van der Waals surface area (Å²) in [6.07, 6.45) is 3.83. The minimum absolute atomic E-state index is 0.644. The van der Waals surface area contributed by atoms with Crippen molar-refractivity contribution in [2.75, 3.05) is 19.8 Å². The first-order chi connectivity index (χ1) is 7.74. The fourth-order valence-corrected chi connectivity index (χ4v) is 1.39. The SMILES string of the molecule is C=C(C)COCCNCc1nccn1CC. The zero-order chi connectivity index (χ0) is 11.8. The van der Waals surface area contributed by atoms with Crippen molar-refractivity contribution in [3.63, 3.8) is 0 Å². The molecule has 0 fully saturated rings. The van der Waals surface area contributed by atoms with Gasteiger partial charge in [0.1, 0.15) is 5.82 Å². The van der Waals surface area contributed by atoms with E-state index in [1.807, 2.05) is 19.3 Å². The van der Waals surface area contributed by atoms with E-state index in [4.69, 9.17) is 4.74 Å². The molecular formula is C12H21N3O. The zero-order valence-corrected chi connectivity index (χ0v) is 10.2. The molecule has 0 atom stereocenters. The first-order valence-electron chi connectivity index (χ1n) is 5.67. The van der Waals surface area contributed by atoms with Gasteiger partial charge in [0.2, 0.25) is 0 Å². The van der Waals surface area contributed by atoms with Crippen molar-refractivity contribution in [2.45, 2.75) is 26.9 Å². The quantitative estimate of drug-likeness (QED) is 0.537. The summed E-state index contributed by atoms with van der Waals surface area (Å²) >= 11 is 0. The first-order valence-corrected chi connectivity index (χ1v) is 5.67. The summed E-state index contributed by atoms with van der Waals surface area (Å²) in [7, 11) is 0. The maximum absolute atomic E-state index is 5.38. The lowest BCUT2D eigenvalue weighted by molar-refractivity contribution is 0.157. The summed E-state index contributed by atoms with van der Waals surface area (Å²) in [5.74, 6) is 1.07. The molecule has 0 saturated carbocycles. The Bertz CT molecular complexity index is 320. The Hall–Kier alpha value is -1.13. The lowest BCUT2D eigenvalue weighted by Gasteiger charge is -2.07. The van der Waals surface area contributed by atoms with Gasteiger partial charge in [-0.2, -0.15) is 0 Å². The maximum atomic E-state index is 5.38. The van der Waals surface area contributed by atoms with Crippen molar-refractivity contribution in [3.8, 4) is 0 Å². The van der Waals surface area contributed by atoms with Gasteiger partial charge in [-0.1, -0.05) is 12.2 Å². The third-order valence-electron chi connectivity index (χ3n) is 2.20. The molecule has 4 nitrogen and oxygen atoms in total. The van der Waals surface area contributed by atoms with Crippen molar-refractivity contribution in [2.24, 2.45) is 0 Å². The van der Waals surface area contributed by atoms with Crippen LogP contribution >= 0.6 is 0 Å². The van der Waals surface area contributed by atoms with E-state index in [9.17, 15) is 0 Å². The number of ether oxygens (including phenoxy) is 1. The summed E-state index contributed by atoms with van der Waals surface area (Å²) in [6, 6.07) is 0. The van der Waals surface area contributed by atoms with Crippen LogP contribution in [-0.2, 0) is 17.8 Å². The van der Waals surface area contributed by atoms with Crippen LogP contribution in [0.2, 0.25) is 0 Å². The normalized spacial score (nSPS) is 10.6. The Kier molecular flexibility index (Phi) is 5.82. The smallest absolute Gasteiger partial charge is 0.122 e. The highest BCUT2D eigenvalue weighted by Crippen LogP contribution is 1.96. The second-order valence-electron chi connectivity index (χ2n) is 3.82. The second-order valence-corrected chi connectivity index (χ2v) is 3.82. The molecule has 0 unspecified atom stereocenters. The molecule has 1 aromatic heterocycles. The highest BCUT2D eigenvalue weighted by molar-refractivity contribution is 4.91. The average Bonchev–Trinajstić information content (AvgIpc) is 2.70. The van der Waals surface area contributed by atoms with Gasteiger partial charge in [0.05, 0.1) is 19.8 Å². The monoisotopic (exact) mass is 223 g/mol. The van der Waals surface area contributed by atoms with Crippen LogP contribution in [0.1, 0.15) is 19.7 Å². The van der Waals surface area contributed by atoms with E-state index in [1.54, 1.807) is 0 Å². The molecule has 90 valence electrons. The minimum atomic E-state index is 0.644. The van der Waals surface area contributed by atoms with Gasteiger partial charge in [-0.15, -0.1) is 0 Å². The van der Waals surface area contributed by atoms with Crippen LogP contribution in [0.3, 0.4) is 0 Å². The van der Waals surface area contributed by atoms with Crippen LogP contribution in [0.25, 0.3) is 0 Å². The first kappa shape index (κ1) is 12.9. The average molecular weight is 223 g/mol. The highest BCUT2D eigenvalue weighted by Gasteiger charge is 1.99. The third-order valence-corrected chi connectivity index (χ3v) is 2.20. The van der Waals surface area contributed by atoms with Gasteiger partial charge >= 0.3 is 0 Å². The molecule has 0 aliphatic rings. The minimum Gasteiger partial charge on any atom is -0.376 e. The predicted molar refractivity (Wildman–Crippen MR) is 65.2 cm³/mol. The van der Waals surface area contributed by atoms with E-state index >= 15 is 0 Å². The molecule has 0 radical (unpaired) electrons. The fraction of sp³-hybridized carbons (Fsp3) is 0.583. The van der Waals surface area contributed by atoms with Crippen LogP contribution in [-0.4, -0.2) is 29.3 Å². The van der Waals surface area contributed by atoms with Gasteiger partial charge in [0.15, 0.2) is 0 Å². The lowest BCUT2D eigenvalue weighted by atomic mass is 10.4. The van der Waals surface area contributed by atoms with Crippen molar-refractivity contribution < 1.29 is 4.74 Å². The van der Waals surface area contributed by atoms with E-state index in [0.29, 0.717) is 13.2 Å². The fourth-order valence-electron chi connectivity index (χ4n) is 1.39. The van der Waals surface area contributed by atoms with Crippen LogP contribution in [0.4, 0.5) is 0 Å². The molecule has 4 heteroatoms. The molecular weight excluding hydrogens is 202 g/mol. The van der Waals surface area contributed by atoms with Gasteiger partial charge in [0, 0.05) is 25.5 Å². The number of hydrogen-bond acceptors (Lipinski definition) is 3. The molecule has 16 heavy (non-hydrogen) atoms. The molecule has 0 amide bonds. The Labute approximate surface area is 97.3 Å². The van der Waals surface area contributed by atoms with Crippen molar-refractivity contribution >= 4 is 0 Å². The number of hydrogen-bond donors (Lipinski definition) is 1. The van der Waals surface area contributed by atoms with Crippen LogP contribution in [0.15, 0.2) is 24.5 Å². The number of rotatable bonds is 8. The molecule has 0 spiro atoms. The number of aromatic nitrogens is 2. The standard InChI is InChI=1S/C12H21N3O/c1-4-15-7-5-14-12(15)9-13-6-8-16-10-11(2)3/h5,7,13H,2,4,6,8-10H2,1,3H3. The van der Waals surface area contributed by atoms with Crippen molar-refractivity contribution in [1.82, 2.24) is 14.9 Å². The molecule has 0 aromatic carbocycles. The lowest BCUT2D eigenvalue weighted by Crippen LogP contribution is -2.21. The Balaban J connectivity index is 2.09. The second kappa shape index (κ2) is 7.19. The van der Waals surface area contributed by atoms with Crippen LogP contribution in [0.5, 0.6) is 0 Å². The van der Waals surface area contributed by atoms with Crippen LogP contribution in [0, 0.1) is 0 Å². The van der Waals surface area contributed by atoms with E-state index < -0.39 is 0 Å². The Morgan fingerprint density at radius 3 is 3.12 bits per heavy atom. The molecule has 1 rings (SSSR count). The molecule has 1 aromatic rings. The number of nitrogens with zero attached hydrogens (tertiary/aromatic N) is 2. The Morgan fingerprint density at radius 1 is 1.62 bits per heavy atom. The molecule has 1 heterocycles. The summed E-state index contributed by atoms with van der Waals surface area (Å²) in [5, 5.41) is 3.30. The maximum Gasteiger partial charge on any atom is 0.122 e. The van der Waals surface area contributed by atoms with Crippen molar-refractivity contribution in [3.05, 3.63) is 30.4 Å². The highest BCUT2D eigenvalue weighted by atomic mass is 16.5. The van der Waals surface area contributed by atoms with Gasteiger partial charge in [-0.25, -0.2) is 4.98 Å². The summed E-state index contributed by atoms with van der Waals surface area (Å²) in [5.41, 5.74) is 1.06. The molecule has 0 bridgehead atoms. The van der Waals surface area contributed by atoms with E-state index in [-0.39, 0.29) is 0 Å². The van der Waals surface area contributed by atoms with Crippen molar-refractivity contribution in [1.29, 1.82) is 0 Å². The number of aryl methyl sites for hydroxylation is 1. The summed E-state index contributed by atoms with van der Waals surface area (Å²) < 4.78 is 7.51. The van der Waals surface area contributed by atoms with Gasteiger partial charge in [0.25, 0.3) is 0 Å². The molecule has 1 N–H and O–H groups in total. The van der Waals surface area contributed by atoms with Gasteiger partial charge < -0.3 is 14.6 Å². The largest absolute Gasteiger partial charge is 0.376 e. The molecule has 0 aliphatic carbocycles. The van der Waals surface area contributed by atoms with Gasteiger partial charge in [-0.3, -0.25) is 0 Å². The van der Waals surface area contributed by atoms with E-state index in [1.165, 1.54) is 0 Å². The Morgan fingerprint density at radius 2 is 2.44 bits per heavy atom. The summed E-state index contributed by atoms with van der Waals surface area (Å²) in [6.45, 7) is 11.8. The zero-order valence-electron chi connectivity index (χ0n) is 10.2. The topological polar surface area (TPSA) is 39.1 Å². The number of nitrogens with one attached hydrogen (secondary N) is 1. The molecule has 0 aliphatic heterocycles.